The lowest BCUT2D eigenvalue weighted by Gasteiger charge is -2.31. The summed E-state index contributed by atoms with van der Waals surface area (Å²) in [6.45, 7) is 0. The van der Waals surface area contributed by atoms with E-state index in [1.807, 2.05) is 0 Å². The van der Waals surface area contributed by atoms with Crippen LogP contribution in [0.3, 0.4) is 0 Å². The second kappa shape index (κ2) is 5.09. The number of rotatable bonds is 3. The van der Waals surface area contributed by atoms with Gasteiger partial charge in [-0.3, -0.25) is 14.4 Å². The fourth-order valence-corrected chi connectivity index (χ4v) is 2.08. The summed E-state index contributed by atoms with van der Waals surface area (Å²) in [7, 11) is 2.46. The first-order chi connectivity index (χ1) is 7.56. The third-order valence-electron chi connectivity index (χ3n) is 3.04. The first-order valence-electron chi connectivity index (χ1n) is 5.25. The van der Waals surface area contributed by atoms with E-state index in [-0.39, 0.29) is 12.2 Å². The molecule has 1 fully saturated rings. The van der Waals surface area contributed by atoms with Gasteiger partial charge in [-0.1, -0.05) is 6.42 Å². The molecule has 0 saturated heterocycles. The SMILES string of the molecule is COC(=O)CC1(C(=O)OC)CCCCC1=O. The molecule has 1 rings (SSSR count). The Morgan fingerprint density at radius 2 is 1.94 bits per heavy atom. The number of carbonyl (C=O) groups is 3. The lowest BCUT2D eigenvalue weighted by atomic mass is 9.71. The van der Waals surface area contributed by atoms with Gasteiger partial charge < -0.3 is 9.47 Å². The molecule has 1 atom stereocenters. The summed E-state index contributed by atoms with van der Waals surface area (Å²) in [6.07, 6.45) is 1.99. The van der Waals surface area contributed by atoms with Crippen molar-refractivity contribution in [3.8, 4) is 0 Å². The van der Waals surface area contributed by atoms with Gasteiger partial charge in [0.25, 0.3) is 0 Å². The monoisotopic (exact) mass is 228 g/mol. The Hall–Kier alpha value is -1.39. The quantitative estimate of drug-likeness (QED) is 0.529. The zero-order chi connectivity index (χ0) is 12.2. The average Bonchev–Trinajstić information content (AvgIpc) is 2.30. The van der Waals surface area contributed by atoms with Crippen molar-refractivity contribution in [3.63, 3.8) is 0 Å². The maximum atomic E-state index is 11.9. The molecule has 90 valence electrons. The first kappa shape index (κ1) is 12.7. The average molecular weight is 228 g/mol. The van der Waals surface area contributed by atoms with Crippen LogP contribution in [0.5, 0.6) is 0 Å². The van der Waals surface area contributed by atoms with Crippen molar-refractivity contribution in [2.45, 2.75) is 32.1 Å². The predicted octanol–water partition coefficient (Wildman–Crippen LogP) is 0.852. The molecule has 0 aromatic rings. The van der Waals surface area contributed by atoms with Gasteiger partial charge >= 0.3 is 11.9 Å². The van der Waals surface area contributed by atoms with E-state index in [1.54, 1.807) is 0 Å². The van der Waals surface area contributed by atoms with Crippen LogP contribution in [0, 0.1) is 5.41 Å². The second-order valence-corrected chi connectivity index (χ2v) is 3.96. The number of hydrogen-bond donors (Lipinski definition) is 0. The Morgan fingerprint density at radius 1 is 1.25 bits per heavy atom. The van der Waals surface area contributed by atoms with Crippen LogP contribution in [0.25, 0.3) is 0 Å². The molecule has 0 aromatic heterocycles. The number of carbonyl (C=O) groups excluding carboxylic acids is 3. The maximum Gasteiger partial charge on any atom is 0.319 e. The van der Waals surface area contributed by atoms with Crippen molar-refractivity contribution in [2.75, 3.05) is 14.2 Å². The van der Waals surface area contributed by atoms with E-state index in [0.29, 0.717) is 12.8 Å². The third kappa shape index (κ3) is 2.23. The lowest BCUT2D eigenvalue weighted by molar-refractivity contribution is -0.166. The molecule has 1 saturated carbocycles. The van der Waals surface area contributed by atoms with Gasteiger partial charge in [-0.2, -0.15) is 0 Å². The van der Waals surface area contributed by atoms with Gasteiger partial charge in [0.1, 0.15) is 5.41 Å². The third-order valence-corrected chi connectivity index (χ3v) is 3.04. The molecular formula is C11H16O5. The Labute approximate surface area is 94.1 Å². The van der Waals surface area contributed by atoms with E-state index in [0.717, 1.165) is 12.8 Å². The highest BCUT2D eigenvalue weighted by Crippen LogP contribution is 2.37. The highest BCUT2D eigenvalue weighted by Gasteiger charge is 2.49. The molecule has 1 unspecified atom stereocenters. The highest BCUT2D eigenvalue weighted by atomic mass is 16.5. The standard InChI is InChI=1S/C11H16O5/c1-15-9(13)7-11(10(14)16-2)6-4-3-5-8(11)12/h3-7H2,1-2H3. The number of ether oxygens (including phenoxy) is 2. The minimum atomic E-state index is -1.31. The Bertz CT molecular complexity index is 299. The van der Waals surface area contributed by atoms with E-state index in [2.05, 4.69) is 9.47 Å². The topological polar surface area (TPSA) is 69.7 Å². The van der Waals surface area contributed by atoms with E-state index in [1.165, 1.54) is 14.2 Å². The largest absolute Gasteiger partial charge is 0.469 e. The van der Waals surface area contributed by atoms with Gasteiger partial charge in [-0.25, -0.2) is 0 Å². The second-order valence-electron chi connectivity index (χ2n) is 3.96. The van der Waals surface area contributed by atoms with Crippen LogP contribution in [0.4, 0.5) is 0 Å². The lowest BCUT2D eigenvalue weighted by Crippen LogP contribution is -2.44. The van der Waals surface area contributed by atoms with Gasteiger partial charge in [0.15, 0.2) is 5.78 Å². The zero-order valence-corrected chi connectivity index (χ0v) is 9.58. The Balaban J connectivity index is 2.95. The molecule has 0 aromatic carbocycles. The molecule has 16 heavy (non-hydrogen) atoms. The van der Waals surface area contributed by atoms with Crippen molar-refractivity contribution >= 4 is 17.7 Å². The molecule has 0 aliphatic heterocycles. The molecule has 0 radical (unpaired) electrons. The van der Waals surface area contributed by atoms with Crippen LogP contribution in [-0.2, 0) is 23.9 Å². The minimum Gasteiger partial charge on any atom is -0.469 e. The van der Waals surface area contributed by atoms with Crippen LogP contribution in [0.15, 0.2) is 0 Å². The molecule has 1 aliphatic carbocycles. The van der Waals surface area contributed by atoms with Gasteiger partial charge in [0.05, 0.1) is 20.6 Å². The van der Waals surface area contributed by atoms with E-state index in [4.69, 9.17) is 0 Å². The summed E-state index contributed by atoms with van der Waals surface area (Å²) in [5.74, 6) is -1.39. The smallest absolute Gasteiger partial charge is 0.319 e. The Kier molecular flexibility index (Phi) is 4.04. The highest BCUT2D eigenvalue weighted by molar-refractivity contribution is 6.06. The van der Waals surface area contributed by atoms with E-state index >= 15 is 0 Å². The zero-order valence-electron chi connectivity index (χ0n) is 9.58. The van der Waals surface area contributed by atoms with Crippen LogP contribution in [0.1, 0.15) is 32.1 Å². The first-order valence-corrected chi connectivity index (χ1v) is 5.25. The summed E-state index contributed by atoms with van der Waals surface area (Å²) in [5.41, 5.74) is -1.31. The van der Waals surface area contributed by atoms with Crippen LogP contribution in [0.2, 0.25) is 0 Å². The molecular weight excluding hydrogens is 212 g/mol. The molecule has 5 heteroatoms. The van der Waals surface area contributed by atoms with Gasteiger partial charge in [-0.15, -0.1) is 0 Å². The number of esters is 2. The fourth-order valence-electron chi connectivity index (χ4n) is 2.08. The predicted molar refractivity (Wildman–Crippen MR) is 54.6 cm³/mol. The van der Waals surface area contributed by atoms with E-state index < -0.39 is 17.4 Å². The van der Waals surface area contributed by atoms with Crippen LogP contribution >= 0.6 is 0 Å². The molecule has 0 amide bonds. The summed E-state index contributed by atoms with van der Waals surface area (Å²) in [4.78, 5) is 34.8. The number of methoxy groups -OCH3 is 2. The van der Waals surface area contributed by atoms with Crippen LogP contribution in [-0.4, -0.2) is 31.9 Å². The van der Waals surface area contributed by atoms with Crippen molar-refractivity contribution in [2.24, 2.45) is 5.41 Å². The normalized spacial score (nSPS) is 25.0. The number of Topliss-reactive ketones (excluding diaryl/α,β-unsaturated/α-hetero) is 1. The molecule has 5 nitrogen and oxygen atoms in total. The minimum absolute atomic E-state index is 0.212. The Morgan fingerprint density at radius 3 is 2.44 bits per heavy atom. The van der Waals surface area contributed by atoms with Crippen molar-refractivity contribution in [1.29, 1.82) is 0 Å². The summed E-state index contributed by atoms with van der Waals surface area (Å²) < 4.78 is 9.16. The summed E-state index contributed by atoms with van der Waals surface area (Å²) in [6, 6.07) is 0. The number of ketones is 1. The summed E-state index contributed by atoms with van der Waals surface area (Å²) in [5, 5.41) is 0. The van der Waals surface area contributed by atoms with E-state index in [9.17, 15) is 14.4 Å². The molecule has 0 spiro atoms. The molecule has 1 aliphatic rings. The van der Waals surface area contributed by atoms with Gasteiger partial charge in [0.2, 0.25) is 0 Å². The van der Waals surface area contributed by atoms with Crippen molar-refractivity contribution in [1.82, 2.24) is 0 Å². The molecule has 0 bridgehead atoms. The molecule has 0 heterocycles. The van der Waals surface area contributed by atoms with Crippen molar-refractivity contribution in [3.05, 3.63) is 0 Å². The fraction of sp³-hybridized carbons (Fsp3) is 0.727. The maximum absolute atomic E-state index is 11.9. The number of hydrogen-bond acceptors (Lipinski definition) is 5. The van der Waals surface area contributed by atoms with Crippen LogP contribution < -0.4 is 0 Å². The summed E-state index contributed by atoms with van der Waals surface area (Å²) >= 11 is 0. The van der Waals surface area contributed by atoms with Gasteiger partial charge in [-0.05, 0) is 12.8 Å². The van der Waals surface area contributed by atoms with Crippen molar-refractivity contribution < 1.29 is 23.9 Å². The molecule has 0 N–H and O–H groups in total. The van der Waals surface area contributed by atoms with Gasteiger partial charge in [0, 0.05) is 6.42 Å².